The number of nitrogens with zero attached hydrogens (tertiary/aromatic N) is 2. The van der Waals surface area contributed by atoms with Crippen LogP contribution >= 0.6 is 0 Å². The van der Waals surface area contributed by atoms with Crippen molar-refractivity contribution in [1.29, 1.82) is 0 Å². The summed E-state index contributed by atoms with van der Waals surface area (Å²) in [6.07, 6.45) is 3.17. The number of aryl methyl sites for hydroxylation is 1. The van der Waals surface area contributed by atoms with Crippen molar-refractivity contribution in [1.82, 2.24) is 9.55 Å². The number of hydrogen-bond acceptors (Lipinski definition) is 2. The van der Waals surface area contributed by atoms with Crippen molar-refractivity contribution in [2.75, 3.05) is 0 Å². The number of carbonyl (C=O) groups excluding carboxylic acids is 1. The van der Waals surface area contributed by atoms with Crippen LogP contribution in [0.15, 0.2) is 12.4 Å². The Morgan fingerprint density at radius 1 is 1.73 bits per heavy atom. The Bertz CT molecular complexity index is 327. The zero-order chi connectivity index (χ0) is 8.27. The van der Waals surface area contributed by atoms with Crippen molar-refractivity contribution in [2.24, 2.45) is 0 Å². The third kappa shape index (κ3) is 1.47. The first-order valence-corrected chi connectivity index (χ1v) is 3.22. The molecule has 1 aromatic heterocycles. The van der Waals surface area contributed by atoms with Gasteiger partial charge in [-0.15, -0.1) is 0 Å². The zero-order valence-corrected chi connectivity index (χ0v) is 6.46. The van der Waals surface area contributed by atoms with Gasteiger partial charge in [0, 0.05) is 12.4 Å². The molecule has 1 aromatic rings. The van der Waals surface area contributed by atoms with E-state index in [1.54, 1.807) is 26.2 Å². The third-order valence-corrected chi connectivity index (χ3v) is 1.28. The van der Waals surface area contributed by atoms with Crippen LogP contribution in [0.1, 0.15) is 17.5 Å². The maximum Gasteiger partial charge on any atom is 0.307 e. The van der Waals surface area contributed by atoms with E-state index in [2.05, 4.69) is 16.8 Å². The van der Waals surface area contributed by atoms with E-state index in [-0.39, 0.29) is 5.91 Å². The molecule has 0 aliphatic heterocycles. The molecule has 0 N–H and O–H groups in total. The Balaban J connectivity index is 2.99. The van der Waals surface area contributed by atoms with Crippen LogP contribution in [0, 0.1) is 18.8 Å². The van der Waals surface area contributed by atoms with Gasteiger partial charge in [0.25, 0.3) is 0 Å². The highest BCUT2D eigenvalue weighted by Crippen LogP contribution is 1.93. The number of imidazole rings is 1. The fourth-order valence-corrected chi connectivity index (χ4v) is 0.760. The van der Waals surface area contributed by atoms with Gasteiger partial charge in [-0.1, -0.05) is 5.92 Å². The van der Waals surface area contributed by atoms with Crippen LogP contribution in [0.3, 0.4) is 0 Å². The predicted octanol–water partition coefficient (Wildman–Crippen LogP) is 0.855. The van der Waals surface area contributed by atoms with Gasteiger partial charge in [-0.25, -0.2) is 4.98 Å². The van der Waals surface area contributed by atoms with Crippen LogP contribution in [0.5, 0.6) is 0 Å². The molecule has 0 unspecified atom stereocenters. The molecule has 0 aliphatic rings. The molecule has 0 fully saturated rings. The molecule has 0 spiro atoms. The second kappa shape index (κ2) is 3.02. The number of hydrogen-bond donors (Lipinski definition) is 0. The Hall–Kier alpha value is -1.56. The molecule has 0 radical (unpaired) electrons. The molecule has 0 aromatic carbocycles. The summed E-state index contributed by atoms with van der Waals surface area (Å²) in [5.74, 6) is 5.39. The van der Waals surface area contributed by atoms with E-state index in [1.165, 1.54) is 4.57 Å². The molecule has 1 rings (SSSR count). The van der Waals surface area contributed by atoms with Crippen LogP contribution in [-0.4, -0.2) is 15.5 Å². The monoisotopic (exact) mass is 148 g/mol. The minimum atomic E-state index is -0.234. The predicted molar refractivity (Wildman–Crippen MR) is 41.0 cm³/mol. The molecule has 0 bridgehead atoms. The van der Waals surface area contributed by atoms with Gasteiger partial charge < -0.3 is 0 Å². The zero-order valence-electron chi connectivity index (χ0n) is 6.46. The number of carbonyl (C=O) groups is 1. The average molecular weight is 148 g/mol. The summed E-state index contributed by atoms with van der Waals surface area (Å²) in [6, 6.07) is 0. The molecule has 0 amide bonds. The topological polar surface area (TPSA) is 34.9 Å². The highest BCUT2D eigenvalue weighted by Gasteiger charge is 2.01. The third-order valence-electron chi connectivity index (χ3n) is 1.28. The van der Waals surface area contributed by atoms with Crippen LogP contribution in [0.4, 0.5) is 0 Å². The summed E-state index contributed by atoms with van der Waals surface area (Å²) in [6.45, 7) is 3.39. The smallest absolute Gasteiger partial charge is 0.263 e. The molecule has 11 heavy (non-hydrogen) atoms. The maximum absolute atomic E-state index is 11.1. The van der Waals surface area contributed by atoms with E-state index in [0.717, 1.165) is 0 Å². The van der Waals surface area contributed by atoms with Gasteiger partial charge >= 0.3 is 5.91 Å². The highest BCUT2D eigenvalue weighted by molar-refractivity contribution is 5.95. The van der Waals surface area contributed by atoms with Crippen LogP contribution in [0.25, 0.3) is 0 Å². The highest BCUT2D eigenvalue weighted by atomic mass is 16.1. The quantitative estimate of drug-likeness (QED) is 0.511. The van der Waals surface area contributed by atoms with E-state index >= 15 is 0 Å². The minimum absolute atomic E-state index is 0.234. The second-order valence-electron chi connectivity index (χ2n) is 2.02. The SMILES string of the molecule is CC#CC(=O)n1ccnc1C. The van der Waals surface area contributed by atoms with E-state index in [9.17, 15) is 4.79 Å². The molecular weight excluding hydrogens is 140 g/mol. The molecule has 56 valence electrons. The molecule has 0 saturated heterocycles. The van der Waals surface area contributed by atoms with Crippen molar-refractivity contribution in [3.05, 3.63) is 18.2 Å². The average Bonchev–Trinajstić information content (AvgIpc) is 2.36. The van der Waals surface area contributed by atoms with Gasteiger partial charge in [-0.3, -0.25) is 9.36 Å². The lowest BCUT2D eigenvalue weighted by atomic mass is 10.5. The molecule has 0 saturated carbocycles. The Labute approximate surface area is 65.1 Å². The van der Waals surface area contributed by atoms with Gasteiger partial charge in [0.2, 0.25) is 0 Å². The molecule has 3 heteroatoms. The maximum atomic E-state index is 11.1. The van der Waals surface area contributed by atoms with E-state index in [0.29, 0.717) is 5.82 Å². The van der Waals surface area contributed by atoms with Crippen molar-refractivity contribution < 1.29 is 4.79 Å². The standard InChI is InChI=1S/C8H8N2O/c1-3-4-8(11)10-6-5-9-7(10)2/h5-6H,1-2H3. The molecule has 0 atom stereocenters. The van der Waals surface area contributed by atoms with E-state index in [4.69, 9.17) is 0 Å². The summed E-state index contributed by atoms with van der Waals surface area (Å²) in [5, 5.41) is 0. The van der Waals surface area contributed by atoms with Crippen LogP contribution < -0.4 is 0 Å². The largest absolute Gasteiger partial charge is 0.307 e. The first-order chi connectivity index (χ1) is 5.25. The minimum Gasteiger partial charge on any atom is -0.263 e. The summed E-state index contributed by atoms with van der Waals surface area (Å²) in [5.41, 5.74) is 0. The summed E-state index contributed by atoms with van der Waals surface area (Å²) in [4.78, 5) is 15.0. The van der Waals surface area contributed by atoms with Gasteiger partial charge in [-0.05, 0) is 19.8 Å². The van der Waals surface area contributed by atoms with Crippen LogP contribution in [-0.2, 0) is 0 Å². The van der Waals surface area contributed by atoms with E-state index in [1.807, 2.05) is 0 Å². The molecule has 3 nitrogen and oxygen atoms in total. The number of rotatable bonds is 0. The second-order valence-corrected chi connectivity index (χ2v) is 2.02. The number of aromatic nitrogens is 2. The summed E-state index contributed by atoms with van der Waals surface area (Å²) in [7, 11) is 0. The fraction of sp³-hybridized carbons (Fsp3) is 0.250. The van der Waals surface area contributed by atoms with E-state index < -0.39 is 0 Å². The van der Waals surface area contributed by atoms with Crippen molar-refractivity contribution >= 4 is 5.91 Å². The van der Waals surface area contributed by atoms with Crippen molar-refractivity contribution in [3.63, 3.8) is 0 Å². The van der Waals surface area contributed by atoms with Crippen molar-refractivity contribution in [3.8, 4) is 11.8 Å². The Kier molecular flexibility index (Phi) is 2.07. The lowest BCUT2D eigenvalue weighted by molar-refractivity contribution is 0.0977. The Morgan fingerprint density at radius 3 is 2.91 bits per heavy atom. The summed E-state index contributed by atoms with van der Waals surface area (Å²) < 4.78 is 1.41. The first-order valence-electron chi connectivity index (χ1n) is 3.22. The fourth-order valence-electron chi connectivity index (χ4n) is 0.760. The summed E-state index contributed by atoms with van der Waals surface area (Å²) >= 11 is 0. The molecular formula is C8H8N2O. The van der Waals surface area contributed by atoms with Gasteiger partial charge in [0.1, 0.15) is 5.82 Å². The molecule has 1 heterocycles. The Morgan fingerprint density at radius 2 is 2.45 bits per heavy atom. The molecule has 0 aliphatic carbocycles. The normalized spacial score (nSPS) is 8.55. The van der Waals surface area contributed by atoms with Gasteiger partial charge in [0.05, 0.1) is 0 Å². The van der Waals surface area contributed by atoms with Crippen LogP contribution in [0.2, 0.25) is 0 Å². The van der Waals surface area contributed by atoms with Gasteiger partial charge in [0.15, 0.2) is 0 Å². The lowest BCUT2D eigenvalue weighted by Gasteiger charge is -1.93. The van der Waals surface area contributed by atoms with Gasteiger partial charge in [-0.2, -0.15) is 0 Å². The lowest BCUT2D eigenvalue weighted by Crippen LogP contribution is -2.08. The first kappa shape index (κ1) is 7.55. The van der Waals surface area contributed by atoms with Crippen molar-refractivity contribution in [2.45, 2.75) is 13.8 Å².